The molecule has 0 saturated carbocycles. The third-order valence-corrected chi connectivity index (χ3v) is 6.64. The van der Waals surface area contributed by atoms with Crippen molar-refractivity contribution in [1.82, 2.24) is 5.32 Å². The predicted octanol–water partition coefficient (Wildman–Crippen LogP) is 2.37. The predicted molar refractivity (Wildman–Crippen MR) is 119 cm³/mol. The summed E-state index contributed by atoms with van der Waals surface area (Å²) in [5.41, 5.74) is 1.48. The fraction of sp³-hybridized carbons (Fsp3) is 0.409. The molecular formula is C22H28N2O6S. The molecule has 0 spiro atoms. The lowest BCUT2D eigenvalue weighted by molar-refractivity contribution is -0.119. The Morgan fingerprint density at radius 2 is 1.90 bits per heavy atom. The average Bonchev–Trinajstić information content (AvgIpc) is 2.80. The molecule has 1 aliphatic rings. The SMILES string of the molecule is CCS(=O)(=O)N(CC(=O)NCCCc1cccc(OC)c1)c1ccc2c(c1)OCCO2. The van der Waals surface area contributed by atoms with Crippen molar-refractivity contribution in [2.75, 3.05) is 43.5 Å². The zero-order chi connectivity index (χ0) is 22.3. The van der Waals surface area contributed by atoms with E-state index in [1.54, 1.807) is 32.2 Å². The van der Waals surface area contributed by atoms with Crippen molar-refractivity contribution in [1.29, 1.82) is 0 Å². The number of fused-ring (bicyclic) bond motifs is 1. The monoisotopic (exact) mass is 448 g/mol. The average molecular weight is 449 g/mol. The number of nitrogens with one attached hydrogen (secondary N) is 1. The van der Waals surface area contributed by atoms with E-state index in [2.05, 4.69) is 5.32 Å². The Hall–Kier alpha value is -2.94. The van der Waals surface area contributed by atoms with E-state index in [-0.39, 0.29) is 18.2 Å². The number of hydrogen-bond acceptors (Lipinski definition) is 6. The lowest BCUT2D eigenvalue weighted by Crippen LogP contribution is -2.41. The molecule has 1 aliphatic heterocycles. The number of anilines is 1. The molecule has 1 heterocycles. The summed E-state index contributed by atoms with van der Waals surface area (Å²) < 4.78 is 42.6. The Morgan fingerprint density at radius 1 is 1.13 bits per heavy atom. The lowest BCUT2D eigenvalue weighted by atomic mass is 10.1. The molecule has 0 atom stereocenters. The van der Waals surface area contributed by atoms with Crippen LogP contribution >= 0.6 is 0 Å². The Kier molecular flexibility index (Phi) is 7.62. The lowest BCUT2D eigenvalue weighted by Gasteiger charge is -2.25. The standard InChI is InChI=1S/C22H28N2O6S/c1-3-31(26,27)24(18-9-10-20-21(15-18)30-13-12-29-20)16-22(25)23-11-5-7-17-6-4-8-19(14-17)28-2/h4,6,8-10,14-15H,3,5,7,11-13,16H2,1-2H3,(H,23,25). The molecule has 0 unspecified atom stereocenters. The first-order chi connectivity index (χ1) is 14.9. The van der Waals surface area contributed by atoms with Crippen molar-refractivity contribution in [2.45, 2.75) is 19.8 Å². The number of nitrogens with zero attached hydrogens (tertiary/aromatic N) is 1. The molecule has 9 heteroatoms. The van der Waals surface area contributed by atoms with Gasteiger partial charge in [-0.1, -0.05) is 12.1 Å². The van der Waals surface area contributed by atoms with Gasteiger partial charge in [-0.25, -0.2) is 8.42 Å². The van der Waals surface area contributed by atoms with Crippen molar-refractivity contribution in [3.05, 3.63) is 48.0 Å². The van der Waals surface area contributed by atoms with Crippen LogP contribution in [0.2, 0.25) is 0 Å². The van der Waals surface area contributed by atoms with Gasteiger partial charge in [0.1, 0.15) is 25.5 Å². The van der Waals surface area contributed by atoms with Crippen LogP contribution in [0.3, 0.4) is 0 Å². The number of carbonyl (C=O) groups is 1. The summed E-state index contributed by atoms with van der Waals surface area (Å²) in [4.78, 5) is 12.5. The number of rotatable bonds is 10. The van der Waals surface area contributed by atoms with Gasteiger partial charge in [-0.2, -0.15) is 0 Å². The fourth-order valence-electron chi connectivity index (χ4n) is 3.23. The Labute approximate surface area is 183 Å². The van der Waals surface area contributed by atoms with Crippen LogP contribution in [0.5, 0.6) is 17.2 Å². The molecule has 0 fully saturated rings. The van der Waals surface area contributed by atoms with E-state index in [9.17, 15) is 13.2 Å². The first-order valence-corrected chi connectivity index (χ1v) is 11.8. The van der Waals surface area contributed by atoms with E-state index in [4.69, 9.17) is 14.2 Å². The quantitative estimate of drug-likeness (QED) is 0.561. The molecule has 0 saturated heterocycles. The molecule has 8 nitrogen and oxygen atoms in total. The van der Waals surface area contributed by atoms with E-state index < -0.39 is 10.0 Å². The molecule has 1 amide bonds. The fourth-order valence-corrected chi connectivity index (χ4v) is 4.29. The van der Waals surface area contributed by atoms with Crippen molar-refractivity contribution < 1.29 is 27.4 Å². The van der Waals surface area contributed by atoms with Crippen molar-refractivity contribution in [2.24, 2.45) is 0 Å². The summed E-state index contributed by atoms with van der Waals surface area (Å²) in [6.07, 6.45) is 1.50. The second kappa shape index (κ2) is 10.4. The Balaban J connectivity index is 1.60. The Morgan fingerprint density at radius 3 is 2.65 bits per heavy atom. The number of ether oxygens (including phenoxy) is 3. The van der Waals surface area contributed by atoms with E-state index >= 15 is 0 Å². The van der Waals surface area contributed by atoms with E-state index in [1.165, 1.54) is 0 Å². The number of hydrogen-bond donors (Lipinski definition) is 1. The van der Waals surface area contributed by atoms with Crippen LogP contribution in [0.4, 0.5) is 5.69 Å². The molecule has 31 heavy (non-hydrogen) atoms. The molecule has 1 N–H and O–H groups in total. The van der Waals surface area contributed by atoms with Crippen molar-refractivity contribution >= 4 is 21.6 Å². The van der Waals surface area contributed by atoms with Gasteiger partial charge in [0.05, 0.1) is 18.6 Å². The van der Waals surface area contributed by atoms with Crippen LogP contribution in [-0.4, -0.2) is 53.5 Å². The first-order valence-electron chi connectivity index (χ1n) is 10.2. The number of benzene rings is 2. The maximum atomic E-state index is 12.6. The maximum absolute atomic E-state index is 12.6. The molecule has 0 aliphatic carbocycles. The van der Waals surface area contributed by atoms with Crippen LogP contribution in [-0.2, 0) is 21.2 Å². The first kappa shape index (κ1) is 22.7. The van der Waals surface area contributed by atoms with Gasteiger partial charge >= 0.3 is 0 Å². The van der Waals surface area contributed by atoms with Crippen molar-refractivity contribution in [3.8, 4) is 17.2 Å². The largest absolute Gasteiger partial charge is 0.497 e. The number of amides is 1. The summed E-state index contributed by atoms with van der Waals surface area (Å²) >= 11 is 0. The van der Waals surface area contributed by atoms with E-state index in [0.29, 0.717) is 36.9 Å². The van der Waals surface area contributed by atoms with Crippen LogP contribution in [0.1, 0.15) is 18.9 Å². The third kappa shape index (κ3) is 6.04. The minimum Gasteiger partial charge on any atom is -0.497 e. The number of carbonyl (C=O) groups excluding carboxylic acids is 1. The van der Waals surface area contributed by atoms with Crippen LogP contribution < -0.4 is 23.8 Å². The van der Waals surface area contributed by atoms with Gasteiger partial charge < -0.3 is 19.5 Å². The van der Waals surface area contributed by atoms with E-state index in [1.807, 2.05) is 24.3 Å². The van der Waals surface area contributed by atoms with Gasteiger partial charge in [0, 0.05) is 12.6 Å². The number of aryl methyl sites for hydroxylation is 1. The van der Waals surface area contributed by atoms with Gasteiger partial charge in [0.25, 0.3) is 0 Å². The third-order valence-electron chi connectivity index (χ3n) is 4.90. The van der Waals surface area contributed by atoms with E-state index in [0.717, 1.165) is 28.5 Å². The van der Waals surface area contributed by atoms with Gasteiger partial charge in [-0.3, -0.25) is 9.10 Å². The highest BCUT2D eigenvalue weighted by atomic mass is 32.2. The minimum absolute atomic E-state index is 0.120. The summed E-state index contributed by atoms with van der Waals surface area (Å²) in [6, 6.07) is 12.6. The second-order valence-corrected chi connectivity index (χ2v) is 9.22. The molecule has 168 valence electrons. The second-order valence-electron chi connectivity index (χ2n) is 7.04. The molecule has 0 radical (unpaired) electrons. The Bertz CT molecular complexity index is 1010. The molecule has 0 bridgehead atoms. The zero-order valence-electron chi connectivity index (χ0n) is 17.8. The van der Waals surface area contributed by atoms with Gasteiger partial charge in [0.2, 0.25) is 15.9 Å². The van der Waals surface area contributed by atoms with Gasteiger partial charge in [-0.05, 0) is 49.6 Å². The molecule has 2 aromatic rings. The highest BCUT2D eigenvalue weighted by Gasteiger charge is 2.25. The normalized spacial score (nSPS) is 12.8. The number of sulfonamides is 1. The van der Waals surface area contributed by atoms with Crippen molar-refractivity contribution in [3.63, 3.8) is 0 Å². The van der Waals surface area contributed by atoms with Crippen LogP contribution in [0, 0.1) is 0 Å². The van der Waals surface area contributed by atoms with Gasteiger partial charge in [-0.15, -0.1) is 0 Å². The van der Waals surface area contributed by atoms with Crippen LogP contribution in [0.15, 0.2) is 42.5 Å². The zero-order valence-corrected chi connectivity index (χ0v) is 18.6. The highest BCUT2D eigenvalue weighted by Crippen LogP contribution is 2.34. The minimum atomic E-state index is -3.65. The summed E-state index contributed by atoms with van der Waals surface area (Å²) in [7, 11) is -2.03. The molecule has 0 aromatic heterocycles. The maximum Gasteiger partial charge on any atom is 0.240 e. The number of methoxy groups -OCH3 is 1. The van der Waals surface area contributed by atoms with Gasteiger partial charge in [0.15, 0.2) is 11.5 Å². The molecule has 2 aromatic carbocycles. The summed E-state index contributed by atoms with van der Waals surface area (Å²) in [5.74, 6) is 1.34. The summed E-state index contributed by atoms with van der Waals surface area (Å²) in [6.45, 7) is 2.53. The summed E-state index contributed by atoms with van der Waals surface area (Å²) in [5, 5.41) is 2.81. The topological polar surface area (TPSA) is 94.2 Å². The smallest absolute Gasteiger partial charge is 0.240 e. The van der Waals surface area contributed by atoms with Crippen LogP contribution in [0.25, 0.3) is 0 Å². The molecule has 3 rings (SSSR count). The highest BCUT2D eigenvalue weighted by molar-refractivity contribution is 7.92. The molecular weight excluding hydrogens is 420 g/mol.